The minimum atomic E-state index is 0. The summed E-state index contributed by atoms with van der Waals surface area (Å²) in [6.07, 6.45) is 8.77. The van der Waals surface area contributed by atoms with Gasteiger partial charge in [-0.1, -0.05) is 36.4 Å². The molecule has 140 valence electrons. The molecule has 0 saturated carbocycles. The predicted molar refractivity (Wildman–Crippen MR) is 107 cm³/mol. The zero-order chi connectivity index (χ0) is 17.7. The van der Waals surface area contributed by atoms with E-state index in [4.69, 9.17) is 0 Å². The molecule has 2 aromatic carbocycles. The van der Waals surface area contributed by atoms with Crippen LogP contribution in [-0.4, -0.2) is 31.1 Å². The summed E-state index contributed by atoms with van der Waals surface area (Å²) in [6, 6.07) is 19.1. The smallest absolute Gasteiger partial charge is 0.0359 e. The largest absolute Gasteiger partial charge is 0.522 e. The maximum absolute atomic E-state index is 3.62. The third-order valence-electron chi connectivity index (χ3n) is 5.29. The molecule has 0 amide bonds. The molecular weight excluding hydrogens is 511 g/mol. The van der Waals surface area contributed by atoms with E-state index in [-0.39, 0.29) is 19.8 Å². The molecule has 0 aromatic heterocycles. The molecule has 2 aromatic rings. The molecule has 5 heteroatoms. The summed E-state index contributed by atoms with van der Waals surface area (Å²) in [5.41, 5.74) is 4.53. The van der Waals surface area contributed by atoms with Crippen LogP contribution in [0, 0.1) is 19.4 Å². The molecule has 0 N–H and O–H groups in total. The molecule has 1 fully saturated rings. The topological polar surface area (TPSA) is 13.0 Å². The maximum Gasteiger partial charge on any atom is 0.0359 e. The van der Waals surface area contributed by atoms with Crippen molar-refractivity contribution in [3.63, 3.8) is 0 Å². The number of hydrogen-bond acceptors (Lipinski definition) is 4. The second-order valence-corrected chi connectivity index (χ2v) is 6.95. The van der Waals surface area contributed by atoms with Gasteiger partial charge in [-0.2, -0.15) is 25.5 Å². The number of fused-ring (bicyclic) bond motifs is 2. The number of para-hydroxylation sites is 2. The van der Waals surface area contributed by atoms with Crippen molar-refractivity contribution < 1.29 is 19.8 Å². The molecule has 27 heavy (non-hydrogen) atoms. The Balaban J connectivity index is 0.00000180. The molecule has 5 rings (SSSR count). The number of anilines is 4. The van der Waals surface area contributed by atoms with E-state index in [0.717, 1.165) is 11.4 Å². The van der Waals surface area contributed by atoms with Crippen molar-refractivity contribution in [3.05, 3.63) is 86.2 Å². The number of hydrogen-bond donors (Lipinski definition) is 0. The van der Waals surface area contributed by atoms with Crippen molar-refractivity contribution >= 4 is 22.7 Å². The third kappa shape index (κ3) is 3.00. The zero-order valence-corrected chi connectivity index (χ0v) is 17.8. The Morgan fingerprint density at radius 2 is 1.52 bits per heavy atom. The summed E-state index contributed by atoms with van der Waals surface area (Å²) in [5.74, 6) is 0. The van der Waals surface area contributed by atoms with E-state index in [1.165, 1.54) is 11.4 Å². The monoisotopic (exact) mass is 533 g/mol. The molecule has 3 aliphatic rings. The summed E-state index contributed by atoms with van der Waals surface area (Å²) in [5, 5.41) is 0. The standard InChI is InChI=1S/C22H21N4.Os/c1-23-15-25(21-12-5-3-10-19(21)23)17-8-7-9-18(14-17)26-16-24(2)20-11-4-6-13-22(20)26;/h3-13,15-16,19,21H,1-2H3;/q-3;. The second-order valence-electron chi connectivity index (χ2n) is 6.95. The van der Waals surface area contributed by atoms with Crippen LogP contribution in [0.2, 0.25) is 0 Å². The van der Waals surface area contributed by atoms with Crippen LogP contribution in [0.4, 0.5) is 22.7 Å². The van der Waals surface area contributed by atoms with Gasteiger partial charge in [0.05, 0.1) is 0 Å². The summed E-state index contributed by atoms with van der Waals surface area (Å²) in [6.45, 7) is 4.30. The van der Waals surface area contributed by atoms with Crippen LogP contribution < -0.4 is 14.7 Å². The normalized spacial score (nSPS) is 23.4. The fourth-order valence-corrected chi connectivity index (χ4v) is 3.98. The van der Waals surface area contributed by atoms with Gasteiger partial charge in [0.2, 0.25) is 0 Å². The van der Waals surface area contributed by atoms with Crippen molar-refractivity contribution in [1.29, 1.82) is 0 Å². The van der Waals surface area contributed by atoms with Gasteiger partial charge in [-0.15, -0.1) is 23.5 Å². The van der Waals surface area contributed by atoms with Crippen molar-refractivity contribution in [2.24, 2.45) is 0 Å². The third-order valence-corrected chi connectivity index (χ3v) is 5.29. The minimum absolute atomic E-state index is 0. The molecule has 4 nitrogen and oxygen atoms in total. The van der Waals surface area contributed by atoms with Crippen LogP contribution in [0.5, 0.6) is 0 Å². The molecule has 2 unspecified atom stereocenters. The van der Waals surface area contributed by atoms with Gasteiger partial charge < -0.3 is 19.6 Å². The van der Waals surface area contributed by atoms with Crippen molar-refractivity contribution in [2.75, 3.05) is 28.8 Å². The summed E-state index contributed by atoms with van der Waals surface area (Å²) >= 11 is 0. The molecule has 2 heterocycles. The average molecular weight is 532 g/mol. The summed E-state index contributed by atoms with van der Waals surface area (Å²) < 4.78 is 0. The van der Waals surface area contributed by atoms with Gasteiger partial charge in [0.25, 0.3) is 0 Å². The van der Waals surface area contributed by atoms with Gasteiger partial charge in [0.1, 0.15) is 0 Å². The zero-order valence-electron chi connectivity index (χ0n) is 15.3. The Hall–Kier alpha value is -2.08. The van der Waals surface area contributed by atoms with E-state index in [2.05, 4.69) is 120 Å². The van der Waals surface area contributed by atoms with E-state index in [0.29, 0.717) is 12.1 Å². The van der Waals surface area contributed by atoms with Crippen LogP contribution in [-0.2, 0) is 19.8 Å². The predicted octanol–water partition coefficient (Wildman–Crippen LogP) is 3.93. The van der Waals surface area contributed by atoms with Crippen LogP contribution in [0.25, 0.3) is 0 Å². The van der Waals surface area contributed by atoms with Crippen molar-refractivity contribution in [3.8, 4) is 0 Å². The van der Waals surface area contributed by atoms with Crippen LogP contribution in [0.1, 0.15) is 0 Å². The number of likely N-dealkylation sites (N-methyl/N-ethyl adjacent to an activating group) is 1. The van der Waals surface area contributed by atoms with Gasteiger partial charge >= 0.3 is 0 Å². The summed E-state index contributed by atoms with van der Waals surface area (Å²) in [4.78, 5) is 8.92. The van der Waals surface area contributed by atoms with E-state index < -0.39 is 0 Å². The van der Waals surface area contributed by atoms with E-state index in [9.17, 15) is 0 Å². The molecular formula is C22H21N4Os-3. The van der Waals surface area contributed by atoms with Crippen LogP contribution in [0.15, 0.2) is 66.8 Å². The first-order valence-corrected chi connectivity index (χ1v) is 8.91. The van der Waals surface area contributed by atoms with Crippen molar-refractivity contribution in [2.45, 2.75) is 12.1 Å². The number of benzene rings is 2. The minimum Gasteiger partial charge on any atom is -0.522 e. The number of allylic oxidation sites excluding steroid dienone is 2. The molecule has 1 saturated heterocycles. The van der Waals surface area contributed by atoms with E-state index in [1.54, 1.807) is 0 Å². The van der Waals surface area contributed by atoms with Gasteiger partial charge in [-0.05, 0) is 26.2 Å². The Labute approximate surface area is 174 Å². The quantitative estimate of drug-likeness (QED) is 0.545. The van der Waals surface area contributed by atoms with E-state index >= 15 is 0 Å². The molecule has 2 atom stereocenters. The Morgan fingerprint density at radius 1 is 0.815 bits per heavy atom. The molecule has 0 spiro atoms. The average Bonchev–Trinajstić information content (AvgIpc) is 3.20. The Bertz CT molecular complexity index is 893. The first-order valence-electron chi connectivity index (χ1n) is 8.91. The summed E-state index contributed by atoms with van der Waals surface area (Å²) in [7, 11) is 4.21. The van der Waals surface area contributed by atoms with Gasteiger partial charge in [-0.3, -0.25) is 0 Å². The maximum atomic E-state index is 3.62. The fraction of sp³-hybridized carbons (Fsp3) is 0.182. The SMILES string of the molecule is CN1[CH-]N(c2[c-]c(N3[CH-]N(C)C4C=CC=CC43)ccc2)c2ccccc21.[Os]. The Morgan fingerprint density at radius 3 is 2.33 bits per heavy atom. The van der Waals surface area contributed by atoms with Gasteiger partial charge in [0.15, 0.2) is 0 Å². The van der Waals surface area contributed by atoms with E-state index in [1.807, 2.05) is 0 Å². The molecule has 1 aliphatic carbocycles. The first kappa shape index (κ1) is 18.3. The van der Waals surface area contributed by atoms with Gasteiger partial charge in [-0.25, -0.2) is 0 Å². The van der Waals surface area contributed by atoms with Gasteiger partial charge in [0, 0.05) is 43.2 Å². The molecule has 0 bridgehead atoms. The second kappa shape index (κ2) is 7.15. The fourth-order valence-electron chi connectivity index (χ4n) is 3.98. The first-order chi connectivity index (χ1) is 12.7. The molecule has 2 aliphatic heterocycles. The molecule has 0 radical (unpaired) electrons. The number of rotatable bonds is 2. The van der Waals surface area contributed by atoms with Crippen molar-refractivity contribution in [1.82, 2.24) is 4.90 Å². The van der Waals surface area contributed by atoms with Crippen LogP contribution in [0.3, 0.4) is 0 Å². The number of nitrogens with zero attached hydrogens (tertiary/aromatic N) is 4. The Kier molecular flexibility index (Phi) is 4.84. The van der Waals surface area contributed by atoms with Crippen LogP contribution >= 0.6 is 0 Å².